The molecule has 4 rings (SSSR count). The Kier molecular flexibility index (Phi) is 4.85. The predicted molar refractivity (Wildman–Crippen MR) is 105 cm³/mol. The van der Waals surface area contributed by atoms with Crippen molar-refractivity contribution in [1.82, 2.24) is 24.5 Å². The van der Waals surface area contributed by atoms with Gasteiger partial charge < -0.3 is 10.2 Å². The van der Waals surface area contributed by atoms with Gasteiger partial charge in [0.1, 0.15) is 11.5 Å². The number of nitrogens with zero attached hydrogens (tertiary/aromatic N) is 5. The molecule has 0 spiro atoms. The van der Waals surface area contributed by atoms with E-state index in [9.17, 15) is 18.0 Å². The Morgan fingerprint density at radius 2 is 2.00 bits per heavy atom. The van der Waals surface area contributed by atoms with Gasteiger partial charge in [0.05, 0.1) is 5.69 Å². The number of carbonyl (C=O) groups excluding carboxylic acids is 1. The standard InChI is InChI=1S/C20H27F3N6O/c1-19(2,3)15-10-16(20(21,22)23)29-17(25-15)9-13(26-29)12-6-8-28(11-12)18(30)14-5-7-24-27(14)4/h5,7,9,12,15-16,25H,6,8,10-11H2,1-4H3/t12-,15+,16-/m1/s1. The van der Waals surface area contributed by atoms with Crippen LogP contribution in [0.5, 0.6) is 0 Å². The summed E-state index contributed by atoms with van der Waals surface area (Å²) in [5.41, 5.74) is 0.770. The number of hydrogen-bond donors (Lipinski definition) is 1. The zero-order valence-electron chi connectivity index (χ0n) is 17.6. The molecule has 0 unspecified atom stereocenters. The molecule has 1 fully saturated rings. The number of amides is 1. The van der Waals surface area contributed by atoms with Crippen LogP contribution in [0.15, 0.2) is 18.3 Å². The molecule has 0 aromatic carbocycles. The van der Waals surface area contributed by atoms with Crippen LogP contribution in [0.1, 0.15) is 61.8 Å². The van der Waals surface area contributed by atoms with Crippen molar-refractivity contribution in [2.75, 3.05) is 18.4 Å². The monoisotopic (exact) mass is 424 g/mol. The number of likely N-dealkylation sites (tertiary alicyclic amines) is 1. The Labute approximate surface area is 173 Å². The minimum atomic E-state index is -4.37. The summed E-state index contributed by atoms with van der Waals surface area (Å²) in [6, 6.07) is 1.42. The molecule has 2 aromatic heterocycles. The zero-order valence-corrected chi connectivity index (χ0v) is 17.6. The van der Waals surface area contributed by atoms with Crippen LogP contribution in [-0.2, 0) is 7.05 Å². The molecule has 2 aromatic rings. The van der Waals surface area contributed by atoms with Crippen molar-refractivity contribution in [3.63, 3.8) is 0 Å². The number of carbonyl (C=O) groups is 1. The summed E-state index contributed by atoms with van der Waals surface area (Å²) in [5, 5.41) is 11.6. The van der Waals surface area contributed by atoms with Crippen LogP contribution in [0.4, 0.5) is 19.0 Å². The molecule has 0 radical (unpaired) electrons. The van der Waals surface area contributed by atoms with Gasteiger partial charge in [-0.25, -0.2) is 4.68 Å². The summed E-state index contributed by atoms with van der Waals surface area (Å²) < 4.78 is 44.0. The van der Waals surface area contributed by atoms with Gasteiger partial charge in [-0.1, -0.05) is 20.8 Å². The molecule has 10 heteroatoms. The molecule has 1 amide bonds. The van der Waals surface area contributed by atoms with Crippen LogP contribution in [0.25, 0.3) is 0 Å². The number of aromatic nitrogens is 4. The molecule has 4 heterocycles. The largest absolute Gasteiger partial charge is 0.410 e. The lowest BCUT2D eigenvalue weighted by atomic mass is 9.82. The molecule has 1 saturated heterocycles. The van der Waals surface area contributed by atoms with Gasteiger partial charge >= 0.3 is 6.18 Å². The Bertz CT molecular complexity index is 941. The van der Waals surface area contributed by atoms with Crippen molar-refractivity contribution in [2.24, 2.45) is 12.5 Å². The summed E-state index contributed by atoms with van der Waals surface area (Å²) in [6.45, 7) is 6.77. The number of rotatable bonds is 2. The lowest BCUT2D eigenvalue weighted by Gasteiger charge is -2.39. The highest BCUT2D eigenvalue weighted by atomic mass is 19.4. The maximum atomic E-state index is 13.8. The molecular weight excluding hydrogens is 397 g/mol. The molecule has 2 aliphatic heterocycles. The Morgan fingerprint density at radius 3 is 2.60 bits per heavy atom. The quantitative estimate of drug-likeness (QED) is 0.800. The molecule has 3 atom stereocenters. The minimum absolute atomic E-state index is 0.0586. The first-order chi connectivity index (χ1) is 13.9. The first-order valence-corrected chi connectivity index (χ1v) is 10.1. The molecule has 0 aliphatic carbocycles. The summed E-state index contributed by atoms with van der Waals surface area (Å²) in [4.78, 5) is 14.4. The molecule has 2 aliphatic rings. The van der Waals surface area contributed by atoms with Crippen molar-refractivity contribution in [3.05, 3.63) is 29.7 Å². The Hall–Kier alpha value is -2.52. The maximum Gasteiger partial charge on any atom is 0.410 e. The van der Waals surface area contributed by atoms with Crippen molar-refractivity contribution >= 4 is 11.7 Å². The van der Waals surface area contributed by atoms with Crippen LogP contribution >= 0.6 is 0 Å². The van der Waals surface area contributed by atoms with Gasteiger partial charge in [0.2, 0.25) is 0 Å². The van der Waals surface area contributed by atoms with E-state index < -0.39 is 12.2 Å². The van der Waals surface area contributed by atoms with E-state index >= 15 is 0 Å². The van der Waals surface area contributed by atoms with E-state index in [1.54, 1.807) is 30.3 Å². The van der Waals surface area contributed by atoms with E-state index in [2.05, 4.69) is 15.5 Å². The third-order valence-electron chi connectivity index (χ3n) is 6.19. The minimum Gasteiger partial charge on any atom is -0.367 e. The number of aryl methyl sites for hydroxylation is 1. The van der Waals surface area contributed by atoms with E-state index in [0.717, 1.165) is 4.68 Å². The third-order valence-corrected chi connectivity index (χ3v) is 6.19. The topological polar surface area (TPSA) is 68.0 Å². The van der Waals surface area contributed by atoms with E-state index in [1.165, 1.54) is 4.68 Å². The Morgan fingerprint density at radius 1 is 1.27 bits per heavy atom. The molecule has 30 heavy (non-hydrogen) atoms. The maximum absolute atomic E-state index is 13.8. The number of anilines is 1. The molecule has 164 valence electrons. The number of halogens is 3. The lowest BCUT2D eigenvalue weighted by Crippen LogP contribution is -2.44. The second-order valence-corrected chi connectivity index (χ2v) is 9.33. The Balaban J connectivity index is 1.57. The number of alkyl halides is 3. The second-order valence-electron chi connectivity index (χ2n) is 9.33. The van der Waals surface area contributed by atoms with E-state index in [4.69, 9.17) is 0 Å². The van der Waals surface area contributed by atoms with Crippen molar-refractivity contribution < 1.29 is 18.0 Å². The van der Waals surface area contributed by atoms with Gasteiger partial charge in [-0.3, -0.25) is 9.48 Å². The SMILES string of the molecule is Cn1nccc1C(=O)N1CC[C@@H](c2cc3n(n2)[C@@H](C(F)(F)F)C[C@@H](C(C)(C)C)N3)C1. The van der Waals surface area contributed by atoms with Crippen LogP contribution in [-0.4, -0.2) is 55.7 Å². The average molecular weight is 424 g/mol. The summed E-state index contributed by atoms with van der Waals surface area (Å²) in [6.07, 6.45) is -2.20. The van der Waals surface area contributed by atoms with Crippen LogP contribution < -0.4 is 5.32 Å². The van der Waals surface area contributed by atoms with Gasteiger partial charge in [-0.05, 0) is 24.3 Å². The summed E-state index contributed by atoms with van der Waals surface area (Å²) in [7, 11) is 1.71. The van der Waals surface area contributed by atoms with Gasteiger partial charge in [0.25, 0.3) is 5.91 Å². The number of nitrogens with one attached hydrogen (secondary N) is 1. The molecule has 7 nitrogen and oxygen atoms in total. The van der Waals surface area contributed by atoms with Gasteiger partial charge in [-0.2, -0.15) is 23.4 Å². The first-order valence-electron chi connectivity index (χ1n) is 10.1. The third kappa shape index (κ3) is 3.67. The fourth-order valence-corrected chi connectivity index (χ4v) is 4.29. The zero-order chi connectivity index (χ0) is 21.8. The van der Waals surface area contributed by atoms with Crippen LogP contribution in [0.3, 0.4) is 0 Å². The number of hydrogen-bond acceptors (Lipinski definition) is 4. The van der Waals surface area contributed by atoms with E-state index in [1.807, 2.05) is 20.8 Å². The fraction of sp³-hybridized carbons (Fsp3) is 0.650. The van der Waals surface area contributed by atoms with E-state index in [-0.39, 0.29) is 29.7 Å². The normalized spacial score (nSPS) is 24.6. The lowest BCUT2D eigenvalue weighted by molar-refractivity contribution is -0.175. The van der Waals surface area contributed by atoms with Crippen molar-refractivity contribution in [1.29, 1.82) is 0 Å². The van der Waals surface area contributed by atoms with Gasteiger partial charge in [0.15, 0.2) is 6.04 Å². The van der Waals surface area contributed by atoms with Crippen molar-refractivity contribution in [2.45, 2.75) is 57.8 Å². The highest BCUT2D eigenvalue weighted by Gasteiger charge is 2.48. The first kappa shape index (κ1) is 20.7. The summed E-state index contributed by atoms with van der Waals surface area (Å²) in [5.74, 6) is 0.180. The van der Waals surface area contributed by atoms with E-state index in [0.29, 0.717) is 36.7 Å². The predicted octanol–water partition coefficient (Wildman–Crippen LogP) is 3.58. The highest BCUT2D eigenvalue weighted by Crippen LogP contribution is 2.44. The average Bonchev–Trinajstić information content (AvgIpc) is 3.37. The van der Waals surface area contributed by atoms with Gasteiger partial charge in [0, 0.05) is 44.4 Å². The summed E-state index contributed by atoms with van der Waals surface area (Å²) >= 11 is 0. The molecule has 0 saturated carbocycles. The highest BCUT2D eigenvalue weighted by molar-refractivity contribution is 5.92. The smallest absolute Gasteiger partial charge is 0.367 e. The van der Waals surface area contributed by atoms with Crippen LogP contribution in [0.2, 0.25) is 0 Å². The van der Waals surface area contributed by atoms with Gasteiger partial charge in [-0.15, -0.1) is 0 Å². The number of fused-ring (bicyclic) bond motifs is 1. The fourth-order valence-electron chi connectivity index (χ4n) is 4.29. The molecule has 1 N–H and O–H groups in total. The second kappa shape index (κ2) is 7.02. The van der Waals surface area contributed by atoms with Crippen molar-refractivity contribution in [3.8, 4) is 0 Å². The molecular formula is C20H27F3N6O. The van der Waals surface area contributed by atoms with Crippen LogP contribution in [0, 0.1) is 5.41 Å². The molecule has 0 bridgehead atoms.